The second-order valence-corrected chi connectivity index (χ2v) is 15.4. The third kappa shape index (κ3) is 6.07. The third-order valence-electron chi connectivity index (χ3n) is 11.6. The molecule has 0 fully saturated rings. The van der Waals surface area contributed by atoms with Crippen LogP contribution in [0.1, 0.15) is 25.0 Å². The van der Waals surface area contributed by atoms with E-state index in [2.05, 4.69) is 242 Å². The summed E-state index contributed by atoms with van der Waals surface area (Å²) in [5, 5.41) is 2.43. The lowest BCUT2D eigenvalue weighted by atomic mass is 9.73. The van der Waals surface area contributed by atoms with Gasteiger partial charge in [-0.25, -0.2) is 0 Å². The van der Waals surface area contributed by atoms with Gasteiger partial charge in [0, 0.05) is 33.4 Å². The van der Waals surface area contributed by atoms with E-state index in [1.807, 2.05) is 0 Å². The summed E-state index contributed by atoms with van der Waals surface area (Å²) in [4.78, 5) is 4.85. The molecule has 0 unspecified atom stereocenters. The average molecular weight is 731 g/mol. The Balaban J connectivity index is 1.13. The molecule has 9 aromatic carbocycles. The van der Waals surface area contributed by atoms with Gasteiger partial charge >= 0.3 is 0 Å². The van der Waals surface area contributed by atoms with Crippen LogP contribution in [0, 0.1) is 0 Å². The number of anilines is 6. The molecule has 0 radical (unpaired) electrons. The van der Waals surface area contributed by atoms with Crippen LogP contribution in [0.15, 0.2) is 218 Å². The maximum Gasteiger partial charge on any atom is 0.0618 e. The standard InChI is InChI=1S/C55H42N2/c1-55(2)50-27-14-15-28-52(50)57(53-38-43(32-36-51(53)55)39-17-6-3-7-18-39)54-48-26-13-12-19-41(48)31-35-49(54)44-21-16-20-42(37-44)40-29-33-47(34-30-40)56(45-22-8-4-9-23-45)46-24-10-5-11-25-46/h3-38H,1-2H3. The van der Waals surface area contributed by atoms with Gasteiger partial charge in [0.15, 0.2) is 0 Å². The van der Waals surface area contributed by atoms with Gasteiger partial charge in [-0.2, -0.15) is 0 Å². The van der Waals surface area contributed by atoms with Crippen molar-refractivity contribution in [1.82, 2.24) is 0 Å². The van der Waals surface area contributed by atoms with Gasteiger partial charge in [-0.15, -0.1) is 0 Å². The molecule has 0 amide bonds. The van der Waals surface area contributed by atoms with Crippen molar-refractivity contribution >= 4 is 44.9 Å². The quantitative estimate of drug-likeness (QED) is 0.161. The molecule has 10 rings (SSSR count). The highest BCUT2D eigenvalue weighted by atomic mass is 15.2. The van der Waals surface area contributed by atoms with Crippen molar-refractivity contribution in [3.63, 3.8) is 0 Å². The Bertz CT molecular complexity index is 2820. The fourth-order valence-corrected chi connectivity index (χ4v) is 8.77. The fraction of sp³-hybridized carbons (Fsp3) is 0.0545. The lowest BCUT2D eigenvalue weighted by molar-refractivity contribution is 0.632. The van der Waals surface area contributed by atoms with Gasteiger partial charge in [0.2, 0.25) is 0 Å². The molecule has 1 aliphatic rings. The maximum atomic E-state index is 2.54. The molecular formula is C55H42N2. The van der Waals surface area contributed by atoms with Gasteiger partial charge in [-0.05, 0) is 98.9 Å². The second-order valence-electron chi connectivity index (χ2n) is 15.4. The summed E-state index contributed by atoms with van der Waals surface area (Å²) < 4.78 is 0. The highest BCUT2D eigenvalue weighted by Crippen LogP contribution is 2.55. The van der Waals surface area contributed by atoms with Crippen LogP contribution in [-0.2, 0) is 5.41 Å². The molecule has 1 heterocycles. The van der Waals surface area contributed by atoms with Crippen molar-refractivity contribution in [3.8, 4) is 33.4 Å². The van der Waals surface area contributed by atoms with Gasteiger partial charge in [-0.1, -0.05) is 178 Å². The van der Waals surface area contributed by atoms with E-state index in [9.17, 15) is 0 Å². The highest BCUT2D eigenvalue weighted by molar-refractivity contribution is 6.08. The van der Waals surface area contributed by atoms with Crippen LogP contribution in [0.5, 0.6) is 0 Å². The first-order chi connectivity index (χ1) is 28.0. The van der Waals surface area contributed by atoms with Crippen LogP contribution in [0.3, 0.4) is 0 Å². The van der Waals surface area contributed by atoms with E-state index in [0.29, 0.717) is 0 Å². The summed E-state index contributed by atoms with van der Waals surface area (Å²) >= 11 is 0. The molecule has 2 heteroatoms. The minimum Gasteiger partial charge on any atom is -0.311 e. The molecule has 0 aromatic heterocycles. The first kappa shape index (κ1) is 34.3. The lowest BCUT2D eigenvalue weighted by Gasteiger charge is -2.43. The van der Waals surface area contributed by atoms with E-state index in [-0.39, 0.29) is 5.41 Å². The molecule has 0 bridgehead atoms. The molecule has 1 aliphatic heterocycles. The summed E-state index contributed by atoms with van der Waals surface area (Å²) in [5.74, 6) is 0. The minimum atomic E-state index is -0.189. The van der Waals surface area contributed by atoms with Crippen LogP contribution in [0.4, 0.5) is 34.1 Å². The van der Waals surface area contributed by atoms with Crippen LogP contribution in [-0.4, -0.2) is 0 Å². The van der Waals surface area contributed by atoms with E-state index >= 15 is 0 Å². The monoisotopic (exact) mass is 730 g/mol. The van der Waals surface area contributed by atoms with E-state index in [0.717, 1.165) is 17.1 Å². The van der Waals surface area contributed by atoms with Gasteiger partial charge in [-0.3, -0.25) is 0 Å². The second kappa shape index (κ2) is 14.2. The molecule has 9 aromatic rings. The molecule has 0 spiro atoms. The van der Waals surface area contributed by atoms with Gasteiger partial charge in [0.25, 0.3) is 0 Å². The molecule has 0 atom stereocenters. The number of nitrogens with zero attached hydrogens (tertiary/aromatic N) is 2. The Morgan fingerprint density at radius 2 is 0.895 bits per heavy atom. The Morgan fingerprint density at radius 3 is 1.63 bits per heavy atom. The van der Waals surface area contributed by atoms with Crippen molar-refractivity contribution in [3.05, 3.63) is 230 Å². The summed E-state index contributed by atoms with van der Waals surface area (Å²) in [6.45, 7) is 4.73. The maximum absolute atomic E-state index is 2.54. The number of hydrogen-bond acceptors (Lipinski definition) is 2. The Labute approximate surface area is 335 Å². The predicted octanol–water partition coefficient (Wildman–Crippen LogP) is 15.4. The first-order valence-corrected chi connectivity index (χ1v) is 19.8. The van der Waals surface area contributed by atoms with Gasteiger partial charge in [0.05, 0.1) is 17.1 Å². The number of rotatable bonds is 7. The first-order valence-electron chi connectivity index (χ1n) is 19.8. The van der Waals surface area contributed by atoms with Crippen molar-refractivity contribution in [2.75, 3.05) is 9.80 Å². The molecule has 0 aliphatic carbocycles. The summed E-state index contributed by atoms with van der Waals surface area (Å²) in [5.41, 5.74) is 16.6. The zero-order valence-electron chi connectivity index (χ0n) is 32.2. The molecule has 57 heavy (non-hydrogen) atoms. The summed E-state index contributed by atoms with van der Waals surface area (Å²) in [6.07, 6.45) is 0. The largest absolute Gasteiger partial charge is 0.311 e. The smallest absolute Gasteiger partial charge is 0.0618 e. The molecule has 2 nitrogen and oxygen atoms in total. The molecule has 0 saturated carbocycles. The Kier molecular flexibility index (Phi) is 8.53. The molecule has 0 N–H and O–H groups in total. The average Bonchev–Trinajstić information content (AvgIpc) is 3.28. The zero-order chi connectivity index (χ0) is 38.3. The number of hydrogen-bond donors (Lipinski definition) is 0. The van der Waals surface area contributed by atoms with Gasteiger partial charge < -0.3 is 9.80 Å². The minimum absolute atomic E-state index is 0.189. The molecule has 0 saturated heterocycles. The van der Waals surface area contributed by atoms with Crippen LogP contribution in [0.2, 0.25) is 0 Å². The van der Waals surface area contributed by atoms with Crippen LogP contribution < -0.4 is 9.80 Å². The molecular weight excluding hydrogens is 689 g/mol. The molecule has 272 valence electrons. The summed E-state index contributed by atoms with van der Waals surface area (Å²) in [7, 11) is 0. The Morgan fingerprint density at radius 1 is 0.368 bits per heavy atom. The van der Waals surface area contributed by atoms with Crippen molar-refractivity contribution in [2.24, 2.45) is 0 Å². The lowest BCUT2D eigenvalue weighted by Crippen LogP contribution is -2.31. The fourth-order valence-electron chi connectivity index (χ4n) is 8.77. The van der Waals surface area contributed by atoms with E-state index < -0.39 is 0 Å². The summed E-state index contributed by atoms with van der Waals surface area (Å²) in [6, 6.07) is 79.3. The zero-order valence-corrected chi connectivity index (χ0v) is 32.2. The van der Waals surface area contributed by atoms with Gasteiger partial charge in [0.1, 0.15) is 0 Å². The van der Waals surface area contributed by atoms with Crippen LogP contribution in [0.25, 0.3) is 44.2 Å². The van der Waals surface area contributed by atoms with Crippen LogP contribution >= 0.6 is 0 Å². The SMILES string of the molecule is CC1(C)c2ccccc2N(c2c(-c3cccc(-c4ccc(N(c5ccccc5)c5ccccc5)cc4)c3)ccc3ccccc23)c2cc(-c3ccccc3)ccc21. The third-order valence-corrected chi connectivity index (χ3v) is 11.6. The number of para-hydroxylation sites is 3. The normalized spacial score (nSPS) is 12.8. The van der Waals surface area contributed by atoms with Crippen molar-refractivity contribution in [1.29, 1.82) is 0 Å². The highest BCUT2D eigenvalue weighted by Gasteiger charge is 2.38. The van der Waals surface area contributed by atoms with Crippen molar-refractivity contribution < 1.29 is 0 Å². The number of benzene rings is 9. The topological polar surface area (TPSA) is 6.48 Å². The van der Waals surface area contributed by atoms with E-state index in [4.69, 9.17) is 0 Å². The predicted molar refractivity (Wildman–Crippen MR) is 242 cm³/mol. The van der Waals surface area contributed by atoms with Crippen molar-refractivity contribution in [2.45, 2.75) is 19.3 Å². The number of fused-ring (bicyclic) bond motifs is 3. The Hall–Kier alpha value is -7.16. The van der Waals surface area contributed by atoms with E-state index in [1.165, 1.54) is 72.3 Å². The van der Waals surface area contributed by atoms with E-state index in [1.54, 1.807) is 0 Å².